The van der Waals surface area contributed by atoms with E-state index in [0.717, 1.165) is 19.5 Å². The van der Waals surface area contributed by atoms with Crippen LogP contribution in [0.15, 0.2) is 48.5 Å². The minimum atomic E-state index is -0.369. The van der Waals surface area contributed by atoms with Crippen LogP contribution in [0.3, 0.4) is 0 Å². The number of esters is 1. The first kappa shape index (κ1) is 28.4. The van der Waals surface area contributed by atoms with E-state index >= 15 is 0 Å². The van der Waals surface area contributed by atoms with Crippen LogP contribution in [-0.2, 0) is 4.74 Å². The molecule has 0 unspecified atom stereocenters. The van der Waals surface area contributed by atoms with Crippen molar-refractivity contribution in [2.75, 3.05) is 38.2 Å². The number of carbonyl (C=O) groups excluding carboxylic acids is 2. The number of rotatable bonds is 12. The van der Waals surface area contributed by atoms with Gasteiger partial charge in [-0.1, -0.05) is 60.6 Å². The number of nitrogens with zero attached hydrogens (tertiary/aromatic N) is 1. The van der Waals surface area contributed by atoms with Gasteiger partial charge in [-0.3, -0.25) is 4.79 Å². The Balaban J connectivity index is 1.98. The summed E-state index contributed by atoms with van der Waals surface area (Å²) in [6.45, 7) is 18.6. The van der Waals surface area contributed by atoms with Crippen molar-refractivity contribution >= 4 is 17.6 Å². The van der Waals surface area contributed by atoms with E-state index in [9.17, 15) is 9.59 Å². The van der Waals surface area contributed by atoms with Gasteiger partial charge in [0, 0.05) is 12.2 Å². The minimum absolute atomic E-state index is 0.0301. The van der Waals surface area contributed by atoms with Crippen LogP contribution in [0.1, 0.15) is 75.6 Å². The Morgan fingerprint density at radius 1 is 0.914 bits per heavy atom. The lowest BCUT2D eigenvalue weighted by atomic mass is 9.77. The Labute approximate surface area is 211 Å². The quantitative estimate of drug-likeness (QED) is 0.361. The van der Waals surface area contributed by atoms with Crippen molar-refractivity contribution in [2.45, 2.75) is 54.9 Å². The van der Waals surface area contributed by atoms with Gasteiger partial charge in [0.05, 0.1) is 17.7 Å². The van der Waals surface area contributed by atoms with E-state index in [-0.39, 0.29) is 22.7 Å². The molecule has 0 radical (unpaired) electrons. The van der Waals surface area contributed by atoms with Gasteiger partial charge < -0.3 is 19.7 Å². The monoisotopic (exact) mass is 482 g/mol. The Hall–Kier alpha value is -2.86. The number of hydrogen-bond donors (Lipinski definition) is 1. The summed E-state index contributed by atoms with van der Waals surface area (Å²) in [4.78, 5) is 27.5. The Kier molecular flexibility index (Phi) is 10.3. The van der Waals surface area contributed by atoms with Crippen molar-refractivity contribution in [3.8, 4) is 5.75 Å². The average molecular weight is 483 g/mol. The largest absolute Gasteiger partial charge is 0.492 e. The first-order valence-corrected chi connectivity index (χ1v) is 12.5. The molecule has 0 aromatic heterocycles. The predicted octanol–water partition coefficient (Wildman–Crippen LogP) is 6.28. The molecule has 2 aromatic carbocycles. The molecule has 0 fully saturated rings. The molecule has 1 amide bonds. The summed E-state index contributed by atoms with van der Waals surface area (Å²) in [5, 5.41) is 2.90. The van der Waals surface area contributed by atoms with Crippen LogP contribution in [0.5, 0.6) is 5.75 Å². The minimum Gasteiger partial charge on any atom is -0.492 e. The van der Waals surface area contributed by atoms with Gasteiger partial charge in [-0.25, -0.2) is 4.79 Å². The highest BCUT2D eigenvalue weighted by atomic mass is 16.5. The molecule has 192 valence electrons. The van der Waals surface area contributed by atoms with Crippen molar-refractivity contribution in [2.24, 2.45) is 10.8 Å². The van der Waals surface area contributed by atoms with Gasteiger partial charge in [0.15, 0.2) is 0 Å². The zero-order valence-corrected chi connectivity index (χ0v) is 22.4. The lowest BCUT2D eigenvalue weighted by molar-refractivity contribution is 0.0466. The highest BCUT2D eigenvalue weighted by Crippen LogP contribution is 2.34. The molecule has 0 aliphatic carbocycles. The number of benzene rings is 2. The second-order valence-corrected chi connectivity index (χ2v) is 10.9. The number of hydrogen-bond acceptors (Lipinski definition) is 5. The molecular weight excluding hydrogens is 440 g/mol. The fourth-order valence-corrected chi connectivity index (χ4v) is 4.32. The van der Waals surface area contributed by atoms with Crippen LogP contribution in [0.25, 0.3) is 0 Å². The van der Waals surface area contributed by atoms with E-state index in [1.165, 1.54) is 0 Å². The molecule has 6 nitrogen and oxygen atoms in total. The highest BCUT2D eigenvalue weighted by Gasteiger charge is 2.27. The third-order valence-corrected chi connectivity index (χ3v) is 5.67. The molecule has 6 heteroatoms. The Morgan fingerprint density at radius 3 is 2.14 bits per heavy atom. The molecule has 0 aliphatic rings. The molecule has 0 saturated carbocycles. The zero-order valence-electron chi connectivity index (χ0n) is 22.4. The lowest BCUT2D eigenvalue weighted by Gasteiger charge is -2.32. The molecule has 1 N–H and O–H groups in total. The van der Waals surface area contributed by atoms with E-state index in [4.69, 9.17) is 9.47 Å². The van der Waals surface area contributed by atoms with E-state index in [0.29, 0.717) is 42.3 Å². The van der Waals surface area contributed by atoms with Gasteiger partial charge in [0.2, 0.25) is 0 Å². The van der Waals surface area contributed by atoms with Gasteiger partial charge in [-0.2, -0.15) is 0 Å². The van der Waals surface area contributed by atoms with Gasteiger partial charge >= 0.3 is 5.97 Å². The van der Waals surface area contributed by atoms with Crippen molar-refractivity contribution in [1.82, 2.24) is 4.90 Å². The molecule has 0 heterocycles. The molecule has 0 spiro atoms. The molecule has 0 bridgehead atoms. The Morgan fingerprint density at radius 2 is 1.54 bits per heavy atom. The average Bonchev–Trinajstić information content (AvgIpc) is 2.79. The van der Waals surface area contributed by atoms with Crippen LogP contribution >= 0.6 is 0 Å². The number of para-hydroxylation sites is 1. The molecular formula is C29H42N2O4. The molecule has 0 saturated heterocycles. The maximum atomic E-state index is 13.0. The van der Waals surface area contributed by atoms with Crippen molar-refractivity contribution < 1.29 is 19.1 Å². The molecule has 0 aliphatic heterocycles. The number of likely N-dealkylation sites (N-methyl/N-ethyl adjacent to an activating group) is 1. The predicted molar refractivity (Wildman–Crippen MR) is 142 cm³/mol. The topological polar surface area (TPSA) is 67.9 Å². The highest BCUT2D eigenvalue weighted by molar-refractivity contribution is 6.06. The standard InChI is InChI=1S/C29H42N2O4/c1-8-31(9-2)18-19-34-27(33)22-14-16-23(17-15-22)30-26(32)24-12-10-11-13-25(24)35-21-29(6,7)20-28(3,4)5/h10-17H,8-9,18-21H2,1-7H3,(H,30,32). The number of anilines is 1. The maximum Gasteiger partial charge on any atom is 0.338 e. The first-order valence-electron chi connectivity index (χ1n) is 12.5. The summed E-state index contributed by atoms with van der Waals surface area (Å²) in [5.74, 6) is -0.0733. The van der Waals surface area contributed by atoms with Gasteiger partial charge in [-0.15, -0.1) is 0 Å². The number of carbonyl (C=O) groups is 2. The number of ether oxygens (including phenoxy) is 2. The summed E-state index contributed by atoms with van der Waals surface area (Å²) in [5.41, 5.74) is 1.68. The number of amides is 1. The summed E-state index contributed by atoms with van der Waals surface area (Å²) >= 11 is 0. The summed E-state index contributed by atoms with van der Waals surface area (Å²) in [6.07, 6.45) is 0.999. The molecule has 35 heavy (non-hydrogen) atoms. The van der Waals surface area contributed by atoms with Crippen LogP contribution < -0.4 is 10.1 Å². The second kappa shape index (κ2) is 12.7. The lowest BCUT2D eigenvalue weighted by Crippen LogP contribution is -2.28. The van der Waals surface area contributed by atoms with Crippen molar-refractivity contribution in [3.63, 3.8) is 0 Å². The van der Waals surface area contributed by atoms with E-state index < -0.39 is 0 Å². The number of nitrogens with one attached hydrogen (secondary N) is 1. The van der Waals surface area contributed by atoms with E-state index in [2.05, 4.69) is 58.7 Å². The van der Waals surface area contributed by atoms with Gasteiger partial charge in [0.1, 0.15) is 12.4 Å². The maximum absolute atomic E-state index is 13.0. The van der Waals surface area contributed by atoms with Gasteiger partial charge in [-0.05, 0) is 66.7 Å². The second-order valence-electron chi connectivity index (χ2n) is 10.9. The van der Waals surface area contributed by atoms with Crippen LogP contribution in [0, 0.1) is 10.8 Å². The molecule has 0 atom stereocenters. The normalized spacial score (nSPS) is 11.9. The summed E-state index contributed by atoms with van der Waals surface area (Å²) < 4.78 is 11.5. The van der Waals surface area contributed by atoms with Crippen molar-refractivity contribution in [3.05, 3.63) is 59.7 Å². The third-order valence-electron chi connectivity index (χ3n) is 5.67. The Bertz CT molecular complexity index is 957. The molecule has 2 aromatic rings. The van der Waals surface area contributed by atoms with E-state index in [1.54, 1.807) is 30.3 Å². The van der Waals surface area contributed by atoms with Crippen molar-refractivity contribution in [1.29, 1.82) is 0 Å². The van der Waals surface area contributed by atoms with Gasteiger partial charge in [0.25, 0.3) is 5.91 Å². The third kappa shape index (κ3) is 9.73. The first-order chi connectivity index (χ1) is 16.4. The van der Waals surface area contributed by atoms with Crippen LogP contribution in [-0.4, -0.2) is 49.6 Å². The van der Waals surface area contributed by atoms with Crippen LogP contribution in [0.4, 0.5) is 5.69 Å². The summed E-state index contributed by atoms with van der Waals surface area (Å²) in [7, 11) is 0. The summed E-state index contributed by atoms with van der Waals surface area (Å²) in [6, 6.07) is 14.0. The SMILES string of the molecule is CCN(CC)CCOC(=O)c1ccc(NC(=O)c2ccccc2OCC(C)(C)CC(C)(C)C)cc1. The fraction of sp³-hybridized carbons (Fsp3) is 0.517. The fourth-order valence-electron chi connectivity index (χ4n) is 4.32. The molecule has 2 rings (SSSR count). The van der Waals surface area contributed by atoms with E-state index in [1.807, 2.05) is 18.2 Å². The zero-order chi connectivity index (χ0) is 26.1. The van der Waals surface area contributed by atoms with Crippen LogP contribution in [0.2, 0.25) is 0 Å². The smallest absolute Gasteiger partial charge is 0.338 e.